The van der Waals surface area contributed by atoms with Gasteiger partial charge >= 0.3 is 18.0 Å². The fourth-order valence-electron chi connectivity index (χ4n) is 2.09. The van der Waals surface area contributed by atoms with Crippen molar-refractivity contribution in [3.05, 3.63) is 70.3 Å². The summed E-state index contributed by atoms with van der Waals surface area (Å²) in [4.78, 5) is 32.3. The van der Waals surface area contributed by atoms with Crippen molar-refractivity contribution < 1.29 is 38.1 Å². The van der Waals surface area contributed by atoms with Crippen LogP contribution in [0.2, 0.25) is 0 Å². The van der Waals surface area contributed by atoms with E-state index in [9.17, 15) is 23.2 Å². The molecule has 3 N–H and O–H groups in total. The number of halogens is 2. The highest BCUT2D eigenvalue weighted by Crippen LogP contribution is 2.12. The average molecular weight is 434 g/mol. The molecule has 0 aliphatic carbocycles. The van der Waals surface area contributed by atoms with E-state index in [0.717, 1.165) is 24.3 Å². The molecule has 0 bridgehead atoms. The zero-order chi connectivity index (χ0) is 23.8. The number of carbonyl (C=O) groups is 3. The number of rotatable bonds is 4. The van der Waals surface area contributed by atoms with Gasteiger partial charge in [0.05, 0.1) is 22.8 Å². The quantitative estimate of drug-likeness (QED) is 0.663. The molecule has 0 saturated heterocycles. The van der Waals surface area contributed by atoms with Crippen LogP contribution < -0.4 is 5.32 Å². The molecule has 0 unspecified atom stereocenters. The lowest BCUT2D eigenvalue weighted by Crippen LogP contribution is -2.32. The van der Waals surface area contributed by atoms with Gasteiger partial charge in [-0.15, -0.1) is 0 Å². The molecule has 2 aromatic carbocycles. The van der Waals surface area contributed by atoms with E-state index in [2.05, 4.69) is 5.32 Å². The van der Waals surface area contributed by atoms with Crippen molar-refractivity contribution in [2.45, 2.75) is 32.9 Å². The molecule has 10 heteroatoms. The molecule has 0 fully saturated rings. The number of hydrogen-bond acceptors (Lipinski definition) is 5. The smallest absolute Gasteiger partial charge is 0.407 e. The Bertz CT molecular complexity index is 1030. The van der Waals surface area contributed by atoms with E-state index in [1.807, 2.05) is 0 Å². The van der Waals surface area contributed by atoms with Crippen molar-refractivity contribution in [1.29, 1.82) is 5.26 Å². The second kappa shape index (κ2) is 10.7. The van der Waals surface area contributed by atoms with Gasteiger partial charge in [0.25, 0.3) is 0 Å². The monoisotopic (exact) mass is 434 g/mol. The van der Waals surface area contributed by atoms with Crippen LogP contribution in [-0.4, -0.2) is 33.8 Å². The first-order valence-electron chi connectivity index (χ1n) is 8.75. The summed E-state index contributed by atoms with van der Waals surface area (Å²) < 4.78 is 31.1. The lowest BCUT2D eigenvalue weighted by molar-refractivity contribution is 0.0522. The van der Waals surface area contributed by atoms with Crippen molar-refractivity contribution in [1.82, 2.24) is 5.32 Å². The molecule has 0 aromatic heterocycles. The number of nitriles is 1. The maximum absolute atomic E-state index is 13.4. The van der Waals surface area contributed by atoms with E-state index in [-0.39, 0.29) is 12.1 Å². The number of aromatic carboxylic acids is 2. The number of carboxylic acid groups (broad SMARTS) is 2. The van der Waals surface area contributed by atoms with Gasteiger partial charge in [-0.25, -0.2) is 23.2 Å². The van der Waals surface area contributed by atoms with E-state index >= 15 is 0 Å². The molecule has 0 atom stereocenters. The number of hydrogen-bond donors (Lipinski definition) is 3. The van der Waals surface area contributed by atoms with E-state index in [0.29, 0.717) is 5.56 Å². The fraction of sp³-hybridized carbons (Fsp3) is 0.238. The molecule has 2 aromatic rings. The minimum atomic E-state index is -1.34. The largest absolute Gasteiger partial charge is 0.478 e. The summed E-state index contributed by atoms with van der Waals surface area (Å²) in [7, 11) is 0. The van der Waals surface area contributed by atoms with Crippen molar-refractivity contribution in [3.63, 3.8) is 0 Å². The van der Waals surface area contributed by atoms with Gasteiger partial charge in [-0.2, -0.15) is 5.26 Å². The molecule has 1 amide bonds. The van der Waals surface area contributed by atoms with Crippen LogP contribution in [-0.2, 0) is 11.3 Å². The molecule has 31 heavy (non-hydrogen) atoms. The first-order chi connectivity index (χ1) is 14.3. The molecule has 164 valence electrons. The van der Waals surface area contributed by atoms with Crippen LogP contribution in [0.25, 0.3) is 0 Å². The van der Waals surface area contributed by atoms with E-state index in [4.69, 9.17) is 20.2 Å². The van der Waals surface area contributed by atoms with E-state index in [1.54, 1.807) is 26.8 Å². The standard InChI is InChI=1S/C13H16FNO4.C8H4FNO2/c1-13(2,3)19-12(18)15-7-8-4-5-9(11(16)17)10(14)6-8;9-7-3-5(4-10)1-2-6(7)8(11)12/h4-6H,7H2,1-3H3,(H,15,18)(H,16,17);1-3H,(H,11,12). The zero-order valence-corrected chi connectivity index (χ0v) is 16.9. The Labute approximate surface area is 176 Å². The van der Waals surface area contributed by atoms with Gasteiger partial charge in [0.2, 0.25) is 0 Å². The Kier molecular flexibility index (Phi) is 8.63. The van der Waals surface area contributed by atoms with Crippen LogP contribution in [0, 0.1) is 23.0 Å². The number of carboxylic acids is 2. The molecular formula is C21H20F2N2O6. The number of nitrogens with zero attached hydrogens (tertiary/aromatic N) is 1. The highest BCUT2D eigenvalue weighted by molar-refractivity contribution is 5.88. The summed E-state index contributed by atoms with van der Waals surface area (Å²) in [6.07, 6.45) is -0.616. The van der Waals surface area contributed by atoms with Gasteiger partial charge in [-0.05, 0) is 56.7 Å². The van der Waals surface area contributed by atoms with Crippen LogP contribution in [0.1, 0.15) is 52.6 Å². The van der Waals surface area contributed by atoms with Crippen LogP contribution in [0.5, 0.6) is 0 Å². The average Bonchev–Trinajstić information content (AvgIpc) is 2.65. The first-order valence-corrected chi connectivity index (χ1v) is 8.75. The number of ether oxygens (including phenoxy) is 1. The van der Waals surface area contributed by atoms with Crippen LogP contribution in [0.4, 0.5) is 13.6 Å². The van der Waals surface area contributed by atoms with Gasteiger partial charge in [0.1, 0.15) is 17.2 Å². The van der Waals surface area contributed by atoms with Crippen molar-refractivity contribution in [2.24, 2.45) is 0 Å². The molecule has 2 rings (SSSR count). The maximum atomic E-state index is 13.4. The van der Waals surface area contributed by atoms with E-state index < -0.39 is 46.4 Å². The third kappa shape index (κ3) is 8.49. The van der Waals surface area contributed by atoms with Gasteiger partial charge in [0.15, 0.2) is 0 Å². The van der Waals surface area contributed by atoms with E-state index in [1.165, 1.54) is 12.1 Å². The Morgan fingerprint density at radius 3 is 1.94 bits per heavy atom. The van der Waals surface area contributed by atoms with Crippen molar-refractivity contribution in [3.8, 4) is 6.07 Å². The predicted octanol–water partition coefficient (Wildman–Crippen LogP) is 3.94. The number of nitrogens with one attached hydrogen (secondary N) is 1. The van der Waals surface area contributed by atoms with Crippen LogP contribution in [0.3, 0.4) is 0 Å². The molecule has 0 radical (unpaired) electrons. The number of alkyl carbamates (subject to hydrolysis) is 1. The molecule has 8 nitrogen and oxygen atoms in total. The highest BCUT2D eigenvalue weighted by Gasteiger charge is 2.16. The van der Waals surface area contributed by atoms with Gasteiger partial charge < -0.3 is 20.3 Å². The predicted molar refractivity (Wildman–Crippen MR) is 105 cm³/mol. The topological polar surface area (TPSA) is 137 Å². The highest BCUT2D eigenvalue weighted by atomic mass is 19.1. The minimum Gasteiger partial charge on any atom is -0.478 e. The van der Waals surface area contributed by atoms with Crippen molar-refractivity contribution in [2.75, 3.05) is 0 Å². The number of amides is 1. The maximum Gasteiger partial charge on any atom is 0.407 e. The summed E-state index contributed by atoms with van der Waals surface area (Å²) in [5.74, 6) is -4.39. The molecule has 0 saturated carbocycles. The Morgan fingerprint density at radius 1 is 1.00 bits per heavy atom. The van der Waals surface area contributed by atoms with Crippen LogP contribution >= 0.6 is 0 Å². The van der Waals surface area contributed by atoms with Gasteiger partial charge in [-0.3, -0.25) is 0 Å². The van der Waals surface area contributed by atoms with Crippen molar-refractivity contribution >= 4 is 18.0 Å². The lowest BCUT2D eigenvalue weighted by atomic mass is 10.1. The molecular weight excluding hydrogens is 414 g/mol. The second-order valence-electron chi connectivity index (χ2n) is 7.09. The summed E-state index contributed by atoms with van der Waals surface area (Å²) in [6.45, 7) is 5.25. The van der Waals surface area contributed by atoms with Gasteiger partial charge in [-0.1, -0.05) is 6.07 Å². The molecule has 0 aliphatic heterocycles. The minimum absolute atomic E-state index is 0.0612. The summed E-state index contributed by atoms with van der Waals surface area (Å²) in [6, 6.07) is 8.58. The summed E-state index contributed by atoms with van der Waals surface area (Å²) in [5.41, 5.74) is -0.872. The second-order valence-corrected chi connectivity index (χ2v) is 7.09. The van der Waals surface area contributed by atoms with Gasteiger partial charge in [0, 0.05) is 6.54 Å². The summed E-state index contributed by atoms with van der Waals surface area (Å²) in [5, 5.41) is 27.9. The molecule has 0 aliphatic rings. The fourth-order valence-corrected chi connectivity index (χ4v) is 2.09. The lowest BCUT2D eigenvalue weighted by Gasteiger charge is -2.19. The Balaban J connectivity index is 0.000000343. The SMILES string of the molecule is CC(C)(C)OC(=O)NCc1ccc(C(=O)O)c(F)c1.N#Cc1ccc(C(=O)O)c(F)c1. The third-order valence-corrected chi connectivity index (χ3v) is 3.43. The first kappa shape index (κ1) is 25.0. The molecule has 0 spiro atoms. The third-order valence-electron chi connectivity index (χ3n) is 3.43. The molecule has 0 heterocycles. The van der Waals surface area contributed by atoms with Crippen LogP contribution in [0.15, 0.2) is 36.4 Å². The number of benzene rings is 2. The normalized spacial score (nSPS) is 10.2. The number of carbonyl (C=O) groups excluding carboxylic acids is 1. The summed E-state index contributed by atoms with van der Waals surface area (Å²) >= 11 is 0. The zero-order valence-electron chi connectivity index (χ0n) is 16.9. The Morgan fingerprint density at radius 2 is 1.52 bits per heavy atom. The Hall–Kier alpha value is -4.00.